The Hall–Kier alpha value is -2.50. The van der Waals surface area contributed by atoms with Gasteiger partial charge in [0.2, 0.25) is 5.91 Å². The Morgan fingerprint density at radius 3 is 2.75 bits per heavy atom. The third-order valence-electron chi connectivity index (χ3n) is 4.87. The molecule has 0 radical (unpaired) electrons. The lowest BCUT2D eigenvalue weighted by Gasteiger charge is -2.32. The van der Waals surface area contributed by atoms with E-state index < -0.39 is 0 Å². The monoisotopic (exact) mass is 379 g/mol. The van der Waals surface area contributed by atoms with Crippen LogP contribution in [0.15, 0.2) is 60.9 Å². The first-order valence-electron chi connectivity index (χ1n) is 10.0. The maximum Gasteiger partial charge on any atom is 0.244 e. The number of likely N-dealkylation sites (tertiary alicyclic amines) is 1. The number of piperidine rings is 1. The number of rotatable bonds is 9. The van der Waals surface area contributed by atoms with Crippen molar-refractivity contribution in [3.8, 4) is 0 Å². The Morgan fingerprint density at radius 1 is 1.18 bits per heavy atom. The molecule has 1 saturated heterocycles. The summed E-state index contributed by atoms with van der Waals surface area (Å²) in [5, 5.41) is 2.89. The topological polar surface area (TPSA) is 54.5 Å². The molecule has 0 saturated carbocycles. The summed E-state index contributed by atoms with van der Waals surface area (Å²) in [4.78, 5) is 18.3. The van der Waals surface area contributed by atoms with E-state index in [4.69, 9.17) is 4.74 Å². The molecule has 3 rings (SSSR count). The maximum absolute atomic E-state index is 11.8. The molecule has 2 heterocycles. The van der Waals surface area contributed by atoms with Crippen molar-refractivity contribution in [2.24, 2.45) is 0 Å². The van der Waals surface area contributed by atoms with E-state index >= 15 is 0 Å². The van der Waals surface area contributed by atoms with Gasteiger partial charge in [0.1, 0.15) is 0 Å². The minimum atomic E-state index is -0.0851. The lowest BCUT2D eigenvalue weighted by Crippen LogP contribution is -2.36. The van der Waals surface area contributed by atoms with Gasteiger partial charge in [0.05, 0.1) is 6.10 Å². The first-order valence-corrected chi connectivity index (χ1v) is 10.0. The highest BCUT2D eigenvalue weighted by molar-refractivity contribution is 5.91. The summed E-state index contributed by atoms with van der Waals surface area (Å²) in [7, 11) is 0. The molecule has 0 aliphatic carbocycles. The number of benzene rings is 1. The van der Waals surface area contributed by atoms with Crippen LogP contribution in [0.1, 0.15) is 30.4 Å². The standard InChI is InChI=1S/C23H29N3O2/c27-23(10-9-20-8-4-13-24-18-20)25-14-5-17-28-22-11-15-26(16-12-22)19-21-6-2-1-3-7-21/h1-4,6-10,13,18,22H,5,11-12,14-17,19H2,(H,25,27)/b10-9+. The van der Waals surface area contributed by atoms with E-state index in [2.05, 4.69) is 45.5 Å². The molecule has 148 valence electrons. The third kappa shape index (κ3) is 7.25. The van der Waals surface area contributed by atoms with Crippen LogP contribution in [-0.2, 0) is 16.1 Å². The van der Waals surface area contributed by atoms with Gasteiger partial charge >= 0.3 is 0 Å². The largest absolute Gasteiger partial charge is 0.378 e. The van der Waals surface area contributed by atoms with Crippen molar-refractivity contribution in [2.75, 3.05) is 26.2 Å². The summed E-state index contributed by atoms with van der Waals surface area (Å²) in [6, 6.07) is 14.4. The first-order chi connectivity index (χ1) is 13.8. The molecule has 1 aromatic carbocycles. The van der Waals surface area contributed by atoms with Gasteiger partial charge in [0.15, 0.2) is 0 Å². The summed E-state index contributed by atoms with van der Waals surface area (Å²) < 4.78 is 5.99. The van der Waals surface area contributed by atoms with E-state index in [0.717, 1.165) is 44.5 Å². The van der Waals surface area contributed by atoms with Crippen molar-refractivity contribution in [2.45, 2.75) is 31.9 Å². The summed E-state index contributed by atoms with van der Waals surface area (Å²) in [6.45, 7) is 4.50. The highest BCUT2D eigenvalue weighted by atomic mass is 16.5. The molecule has 28 heavy (non-hydrogen) atoms. The number of nitrogens with zero attached hydrogens (tertiary/aromatic N) is 2. The van der Waals surface area contributed by atoms with E-state index in [1.165, 1.54) is 5.56 Å². The normalized spacial score (nSPS) is 15.7. The van der Waals surface area contributed by atoms with Gasteiger partial charge in [-0.1, -0.05) is 36.4 Å². The smallest absolute Gasteiger partial charge is 0.244 e. The molecule has 1 amide bonds. The SMILES string of the molecule is O=C(/C=C/c1cccnc1)NCCCOC1CCN(Cc2ccccc2)CC1. The van der Waals surface area contributed by atoms with Gasteiger partial charge in [0.25, 0.3) is 0 Å². The maximum atomic E-state index is 11.8. The molecule has 1 aliphatic heterocycles. The van der Waals surface area contributed by atoms with Crippen molar-refractivity contribution in [1.29, 1.82) is 0 Å². The van der Waals surface area contributed by atoms with E-state index in [1.807, 2.05) is 12.1 Å². The molecule has 5 heteroatoms. The number of carbonyl (C=O) groups is 1. The number of aromatic nitrogens is 1. The number of carbonyl (C=O) groups excluding carboxylic acids is 1. The van der Waals surface area contributed by atoms with E-state index in [0.29, 0.717) is 19.3 Å². The summed E-state index contributed by atoms with van der Waals surface area (Å²) in [5.41, 5.74) is 2.29. The van der Waals surface area contributed by atoms with Crippen LogP contribution >= 0.6 is 0 Å². The Labute approximate surface area is 167 Å². The van der Waals surface area contributed by atoms with Crippen LogP contribution in [-0.4, -0.2) is 48.1 Å². The molecule has 5 nitrogen and oxygen atoms in total. The van der Waals surface area contributed by atoms with Gasteiger partial charge < -0.3 is 10.1 Å². The van der Waals surface area contributed by atoms with Gasteiger partial charge in [-0.3, -0.25) is 14.7 Å². The number of hydrogen-bond acceptors (Lipinski definition) is 4. The highest BCUT2D eigenvalue weighted by Gasteiger charge is 2.19. The molecule has 1 N–H and O–H groups in total. The van der Waals surface area contributed by atoms with Crippen LogP contribution in [0.4, 0.5) is 0 Å². The number of pyridine rings is 1. The Bertz CT molecular complexity index is 726. The lowest BCUT2D eigenvalue weighted by molar-refractivity contribution is -0.116. The van der Waals surface area contributed by atoms with Crippen LogP contribution in [0.2, 0.25) is 0 Å². The summed E-state index contributed by atoms with van der Waals surface area (Å²) in [6.07, 6.45) is 10.1. The Morgan fingerprint density at radius 2 is 2.00 bits per heavy atom. The van der Waals surface area contributed by atoms with Crippen LogP contribution in [0.25, 0.3) is 6.08 Å². The number of hydrogen-bond donors (Lipinski definition) is 1. The fourth-order valence-corrected chi connectivity index (χ4v) is 3.31. The average molecular weight is 380 g/mol. The molecule has 1 fully saturated rings. The summed E-state index contributed by atoms with van der Waals surface area (Å²) >= 11 is 0. The van der Waals surface area contributed by atoms with Crippen molar-refractivity contribution in [3.05, 3.63) is 72.1 Å². The molecule has 0 atom stereocenters. The van der Waals surface area contributed by atoms with Gasteiger partial charge in [-0.15, -0.1) is 0 Å². The van der Waals surface area contributed by atoms with Gasteiger partial charge in [-0.05, 0) is 42.5 Å². The number of ether oxygens (including phenoxy) is 1. The number of nitrogens with one attached hydrogen (secondary N) is 1. The minimum absolute atomic E-state index is 0.0851. The minimum Gasteiger partial charge on any atom is -0.378 e. The Kier molecular flexibility index (Phi) is 8.22. The second-order valence-corrected chi connectivity index (χ2v) is 7.10. The lowest BCUT2D eigenvalue weighted by atomic mass is 10.1. The molecule has 0 spiro atoms. The molecule has 0 bridgehead atoms. The molecular formula is C23H29N3O2. The zero-order valence-corrected chi connectivity index (χ0v) is 16.3. The van der Waals surface area contributed by atoms with E-state index in [1.54, 1.807) is 24.5 Å². The number of amides is 1. The van der Waals surface area contributed by atoms with Crippen molar-refractivity contribution in [3.63, 3.8) is 0 Å². The van der Waals surface area contributed by atoms with Gasteiger partial charge in [-0.2, -0.15) is 0 Å². The van der Waals surface area contributed by atoms with Crippen molar-refractivity contribution >= 4 is 12.0 Å². The predicted octanol–water partition coefficient (Wildman–Crippen LogP) is 3.28. The molecule has 1 aliphatic rings. The highest BCUT2D eigenvalue weighted by Crippen LogP contribution is 2.16. The van der Waals surface area contributed by atoms with Crippen LogP contribution in [0.5, 0.6) is 0 Å². The molecule has 1 aromatic heterocycles. The van der Waals surface area contributed by atoms with Crippen LogP contribution in [0.3, 0.4) is 0 Å². The summed E-state index contributed by atoms with van der Waals surface area (Å²) in [5.74, 6) is -0.0851. The van der Waals surface area contributed by atoms with Crippen molar-refractivity contribution < 1.29 is 9.53 Å². The van der Waals surface area contributed by atoms with Crippen LogP contribution in [0, 0.1) is 0 Å². The van der Waals surface area contributed by atoms with E-state index in [-0.39, 0.29) is 5.91 Å². The molecule has 0 unspecified atom stereocenters. The fourth-order valence-electron chi connectivity index (χ4n) is 3.31. The third-order valence-corrected chi connectivity index (χ3v) is 4.87. The van der Waals surface area contributed by atoms with Gasteiger partial charge in [-0.25, -0.2) is 0 Å². The predicted molar refractivity (Wildman–Crippen MR) is 112 cm³/mol. The molecule has 2 aromatic rings. The Balaban J connectivity index is 1.23. The van der Waals surface area contributed by atoms with E-state index in [9.17, 15) is 4.79 Å². The zero-order valence-electron chi connectivity index (χ0n) is 16.3. The first kappa shape index (κ1) is 20.2. The second kappa shape index (κ2) is 11.4. The second-order valence-electron chi connectivity index (χ2n) is 7.10. The quantitative estimate of drug-likeness (QED) is 0.537. The zero-order chi connectivity index (χ0) is 19.4. The van der Waals surface area contributed by atoms with Gasteiger partial charge in [0, 0.05) is 51.3 Å². The van der Waals surface area contributed by atoms with Crippen molar-refractivity contribution in [1.82, 2.24) is 15.2 Å². The average Bonchev–Trinajstić information content (AvgIpc) is 2.75. The molecular weight excluding hydrogens is 350 g/mol. The van der Waals surface area contributed by atoms with Crippen LogP contribution < -0.4 is 5.32 Å². The fraction of sp³-hybridized carbons (Fsp3) is 0.391.